The molecule has 1 aliphatic carbocycles. The normalized spacial score (nSPS) is 24.3. The van der Waals surface area contributed by atoms with Crippen molar-refractivity contribution in [2.75, 3.05) is 13.1 Å². The zero-order valence-corrected chi connectivity index (χ0v) is 15.0. The lowest BCUT2D eigenvalue weighted by atomic mass is 9.97. The summed E-state index contributed by atoms with van der Waals surface area (Å²) >= 11 is 3.70. The Morgan fingerprint density at radius 2 is 1.86 bits per heavy atom. The lowest BCUT2D eigenvalue weighted by molar-refractivity contribution is 0.0937. The standard InChI is InChI=1S/C18H27BrN2/c1-18(2,3)21-11-9-13(10-12-21)20-17-8-7-14-15(17)5-4-6-16(14)19/h4-6,13,17,20H,7-12H2,1-3H3. The summed E-state index contributed by atoms with van der Waals surface area (Å²) in [6.45, 7) is 9.42. The van der Waals surface area contributed by atoms with Crippen molar-refractivity contribution in [3.05, 3.63) is 33.8 Å². The van der Waals surface area contributed by atoms with Gasteiger partial charge in [0.05, 0.1) is 0 Å². The van der Waals surface area contributed by atoms with Crippen molar-refractivity contribution >= 4 is 15.9 Å². The fraction of sp³-hybridized carbons (Fsp3) is 0.667. The second kappa shape index (κ2) is 6.02. The average Bonchev–Trinajstić information content (AvgIpc) is 2.83. The molecule has 21 heavy (non-hydrogen) atoms. The maximum atomic E-state index is 3.93. The summed E-state index contributed by atoms with van der Waals surface area (Å²) < 4.78 is 1.28. The van der Waals surface area contributed by atoms with Gasteiger partial charge >= 0.3 is 0 Å². The van der Waals surface area contributed by atoms with Gasteiger partial charge in [-0.15, -0.1) is 0 Å². The van der Waals surface area contributed by atoms with Crippen molar-refractivity contribution in [2.45, 2.75) is 64.1 Å². The van der Waals surface area contributed by atoms with Crippen LogP contribution in [0.5, 0.6) is 0 Å². The van der Waals surface area contributed by atoms with Gasteiger partial charge in [-0.1, -0.05) is 28.1 Å². The Kier molecular flexibility index (Phi) is 4.45. The number of nitrogens with one attached hydrogen (secondary N) is 1. The molecule has 2 nitrogen and oxygen atoms in total. The van der Waals surface area contributed by atoms with Crippen molar-refractivity contribution in [3.8, 4) is 0 Å². The van der Waals surface area contributed by atoms with Crippen LogP contribution in [-0.2, 0) is 6.42 Å². The highest BCUT2D eigenvalue weighted by Crippen LogP contribution is 2.36. The van der Waals surface area contributed by atoms with Gasteiger partial charge in [-0.25, -0.2) is 0 Å². The van der Waals surface area contributed by atoms with Crippen LogP contribution in [-0.4, -0.2) is 29.6 Å². The minimum Gasteiger partial charge on any atom is -0.307 e. The molecule has 1 N–H and O–H groups in total. The third-order valence-corrected chi connectivity index (χ3v) is 5.84. The van der Waals surface area contributed by atoms with Crippen molar-refractivity contribution in [3.63, 3.8) is 0 Å². The summed E-state index contributed by atoms with van der Waals surface area (Å²) in [5.41, 5.74) is 3.35. The highest BCUT2D eigenvalue weighted by atomic mass is 79.9. The fourth-order valence-corrected chi connectivity index (χ4v) is 4.36. The van der Waals surface area contributed by atoms with Crippen molar-refractivity contribution in [1.29, 1.82) is 0 Å². The van der Waals surface area contributed by atoms with E-state index in [0.29, 0.717) is 17.6 Å². The van der Waals surface area contributed by atoms with Gasteiger partial charge in [-0.3, -0.25) is 4.90 Å². The van der Waals surface area contributed by atoms with Crippen molar-refractivity contribution < 1.29 is 0 Å². The summed E-state index contributed by atoms with van der Waals surface area (Å²) in [7, 11) is 0. The van der Waals surface area contributed by atoms with E-state index in [-0.39, 0.29) is 0 Å². The molecule has 1 aromatic carbocycles. The number of likely N-dealkylation sites (tertiary alicyclic amines) is 1. The van der Waals surface area contributed by atoms with Crippen LogP contribution in [0.4, 0.5) is 0 Å². The van der Waals surface area contributed by atoms with E-state index in [1.807, 2.05) is 0 Å². The molecular formula is C18H27BrN2. The maximum Gasteiger partial charge on any atom is 0.0328 e. The van der Waals surface area contributed by atoms with Gasteiger partial charge in [-0.05, 0) is 63.6 Å². The lowest BCUT2D eigenvalue weighted by Gasteiger charge is -2.41. The maximum absolute atomic E-state index is 3.93. The highest BCUT2D eigenvalue weighted by molar-refractivity contribution is 9.10. The first-order chi connectivity index (χ1) is 9.95. The molecule has 1 aromatic rings. The highest BCUT2D eigenvalue weighted by Gasteiger charge is 2.30. The first-order valence-electron chi connectivity index (χ1n) is 8.23. The molecule has 0 saturated carbocycles. The van der Waals surface area contributed by atoms with E-state index in [9.17, 15) is 0 Å². The number of hydrogen-bond donors (Lipinski definition) is 1. The van der Waals surface area contributed by atoms with Crippen LogP contribution >= 0.6 is 15.9 Å². The molecule has 1 saturated heterocycles. The van der Waals surface area contributed by atoms with Gasteiger partial charge < -0.3 is 5.32 Å². The molecule has 1 unspecified atom stereocenters. The molecule has 1 aliphatic heterocycles. The van der Waals surface area contributed by atoms with Crippen molar-refractivity contribution in [2.24, 2.45) is 0 Å². The summed E-state index contributed by atoms with van der Waals surface area (Å²) in [5, 5.41) is 3.93. The molecule has 1 atom stereocenters. The predicted octanol–water partition coefficient (Wildman–Crippen LogP) is 4.29. The molecule has 3 rings (SSSR count). The number of halogens is 1. The Balaban J connectivity index is 1.60. The van der Waals surface area contributed by atoms with E-state index in [1.54, 1.807) is 0 Å². The van der Waals surface area contributed by atoms with Gasteiger partial charge in [-0.2, -0.15) is 0 Å². The zero-order chi connectivity index (χ0) is 15.0. The Bertz CT molecular complexity index is 498. The smallest absolute Gasteiger partial charge is 0.0328 e. The molecule has 0 aromatic heterocycles. The second-order valence-electron chi connectivity index (χ2n) is 7.50. The fourth-order valence-electron chi connectivity index (χ4n) is 3.78. The number of hydrogen-bond acceptors (Lipinski definition) is 2. The monoisotopic (exact) mass is 350 g/mol. The van der Waals surface area contributed by atoms with Crippen LogP contribution in [0.1, 0.15) is 57.2 Å². The van der Waals surface area contributed by atoms with Gasteiger partial charge in [0.2, 0.25) is 0 Å². The summed E-state index contributed by atoms with van der Waals surface area (Å²) in [4.78, 5) is 2.62. The largest absolute Gasteiger partial charge is 0.307 e. The van der Waals surface area contributed by atoms with Crippen LogP contribution in [0.3, 0.4) is 0 Å². The number of rotatable bonds is 2. The van der Waals surface area contributed by atoms with E-state index < -0.39 is 0 Å². The van der Waals surface area contributed by atoms with Gasteiger partial charge in [0.1, 0.15) is 0 Å². The molecule has 2 aliphatic rings. The first-order valence-corrected chi connectivity index (χ1v) is 9.03. The summed E-state index contributed by atoms with van der Waals surface area (Å²) in [6.07, 6.45) is 5.00. The molecule has 116 valence electrons. The summed E-state index contributed by atoms with van der Waals surface area (Å²) in [6, 6.07) is 7.88. The molecule has 0 spiro atoms. The zero-order valence-electron chi connectivity index (χ0n) is 13.5. The first kappa shape index (κ1) is 15.5. The molecule has 1 heterocycles. The molecule has 0 bridgehead atoms. The third kappa shape index (κ3) is 3.35. The topological polar surface area (TPSA) is 15.3 Å². The minimum absolute atomic E-state index is 0.315. The molecular weight excluding hydrogens is 324 g/mol. The minimum atomic E-state index is 0.315. The SMILES string of the molecule is CC(C)(C)N1CCC(NC2CCc3c(Br)cccc32)CC1. The molecule has 0 radical (unpaired) electrons. The van der Waals surface area contributed by atoms with Gasteiger partial charge in [0.15, 0.2) is 0 Å². The van der Waals surface area contributed by atoms with Crippen LogP contribution in [0.2, 0.25) is 0 Å². The molecule has 1 fully saturated rings. The van der Waals surface area contributed by atoms with Gasteiger partial charge in [0, 0.05) is 35.2 Å². The number of piperidine rings is 1. The number of nitrogens with zero attached hydrogens (tertiary/aromatic N) is 1. The van der Waals surface area contributed by atoms with E-state index in [0.717, 1.165) is 0 Å². The van der Waals surface area contributed by atoms with E-state index in [2.05, 4.69) is 65.1 Å². The average molecular weight is 351 g/mol. The van der Waals surface area contributed by atoms with Crippen LogP contribution < -0.4 is 5.32 Å². The van der Waals surface area contributed by atoms with Crippen LogP contribution in [0.15, 0.2) is 22.7 Å². The quantitative estimate of drug-likeness (QED) is 0.855. The van der Waals surface area contributed by atoms with E-state index in [1.165, 1.54) is 54.4 Å². The lowest BCUT2D eigenvalue weighted by Crippen LogP contribution is -2.50. The molecule has 0 amide bonds. The van der Waals surface area contributed by atoms with E-state index in [4.69, 9.17) is 0 Å². The van der Waals surface area contributed by atoms with Gasteiger partial charge in [0.25, 0.3) is 0 Å². The Morgan fingerprint density at radius 3 is 2.52 bits per heavy atom. The third-order valence-electron chi connectivity index (χ3n) is 5.09. The van der Waals surface area contributed by atoms with E-state index >= 15 is 0 Å². The number of fused-ring (bicyclic) bond motifs is 1. The Hall–Kier alpha value is -0.380. The second-order valence-corrected chi connectivity index (χ2v) is 8.35. The summed E-state index contributed by atoms with van der Waals surface area (Å²) in [5.74, 6) is 0. The van der Waals surface area contributed by atoms with Crippen molar-refractivity contribution in [1.82, 2.24) is 10.2 Å². The molecule has 3 heteroatoms. The van der Waals surface area contributed by atoms with Crippen LogP contribution in [0.25, 0.3) is 0 Å². The Labute approximate surface area is 137 Å². The predicted molar refractivity (Wildman–Crippen MR) is 92.7 cm³/mol. The number of benzene rings is 1. The van der Waals surface area contributed by atoms with Crippen LogP contribution in [0, 0.1) is 0 Å². The Morgan fingerprint density at radius 1 is 1.14 bits per heavy atom.